The highest BCUT2D eigenvalue weighted by molar-refractivity contribution is 6.14. The Hall–Kier alpha value is -1.61. The lowest BCUT2D eigenvalue weighted by Crippen LogP contribution is -1.98. The summed E-state index contributed by atoms with van der Waals surface area (Å²) in [6.45, 7) is 4.00. The van der Waals surface area contributed by atoms with Crippen LogP contribution in [0.4, 0.5) is 0 Å². The molecule has 0 radical (unpaired) electrons. The van der Waals surface area contributed by atoms with Crippen molar-refractivity contribution < 1.29 is 14.6 Å². The molecular weight excluding hydrogens is 180 g/mol. The Bertz CT molecular complexity index is 338. The number of rotatable bonds is 4. The molecule has 0 aliphatic carbocycles. The average Bonchev–Trinajstić information content (AvgIpc) is 2.18. The second kappa shape index (κ2) is 4.58. The molecule has 0 aromatic heterocycles. The van der Waals surface area contributed by atoms with Crippen molar-refractivity contribution in [2.75, 3.05) is 7.11 Å². The van der Waals surface area contributed by atoms with Crippen molar-refractivity contribution in [3.8, 4) is 0 Å². The van der Waals surface area contributed by atoms with Crippen LogP contribution in [0.3, 0.4) is 0 Å². The number of aliphatic carboxylic acids is 1. The maximum Gasteiger partial charge on any atom is 0.335 e. The normalized spacial score (nSPS) is 9.79. The third-order valence-corrected chi connectivity index (χ3v) is 1.87. The van der Waals surface area contributed by atoms with Crippen LogP contribution < -0.4 is 0 Å². The van der Waals surface area contributed by atoms with E-state index in [1.807, 2.05) is 12.1 Å². The number of ether oxygens (including phenoxy) is 1. The molecule has 3 nitrogen and oxygen atoms in total. The molecule has 0 fully saturated rings. The lowest BCUT2D eigenvalue weighted by atomic mass is 10.1. The summed E-state index contributed by atoms with van der Waals surface area (Å²) in [6, 6.07) is 7.11. The first kappa shape index (κ1) is 10.5. The summed E-state index contributed by atoms with van der Waals surface area (Å²) < 4.78 is 4.94. The van der Waals surface area contributed by atoms with Gasteiger partial charge in [0.25, 0.3) is 0 Å². The first-order valence-corrected chi connectivity index (χ1v) is 4.15. The summed E-state index contributed by atoms with van der Waals surface area (Å²) in [5.74, 6) is -0.996. The molecule has 0 amide bonds. The van der Waals surface area contributed by atoms with Crippen molar-refractivity contribution in [3.05, 3.63) is 42.0 Å². The molecule has 1 N–H and O–H groups in total. The maximum absolute atomic E-state index is 10.6. The molecule has 0 atom stereocenters. The highest BCUT2D eigenvalue weighted by Gasteiger charge is 2.06. The van der Waals surface area contributed by atoms with Crippen LogP contribution in [0.1, 0.15) is 11.1 Å². The Morgan fingerprint density at radius 1 is 1.43 bits per heavy atom. The zero-order valence-electron chi connectivity index (χ0n) is 7.99. The second-order valence-corrected chi connectivity index (χ2v) is 2.91. The van der Waals surface area contributed by atoms with Crippen LogP contribution in [0.25, 0.3) is 5.57 Å². The van der Waals surface area contributed by atoms with Crippen molar-refractivity contribution in [1.29, 1.82) is 0 Å². The standard InChI is InChI=1S/C11H12O3/c1-8(11(12)13)10-5-3-9(4-6-10)7-14-2/h3-6H,1,7H2,2H3,(H,12,13). The molecule has 74 valence electrons. The van der Waals surface area contributed by atoms with E-state index in [0.717, 1.165) is 5.56 Å². The minimum Gasteiger partial charge on any atom is -0.478 e. The molecule has 0 heterocycles. The number of benzene rings is 1. The van der Waals surface area contributed by atoms with Crippen LogP contribution in [0.15, 0.2) is 30.8 Å². The van der Waals surface area contributed by atoms with Crippen molar-refractivity contribution in [2.24, 2.45) is 0 Å². The topological polar surface area (TPSA) is 46.5 Å². The average molecular weight is 192 g/mol. The van der Waals surface area contributed by atoms with E-state index in [0.29, 0.717) is 12.2 Å². The minimum absolute atomic E-state index is 0.106. The molecule has 0 aliphatic heterocycles. The van der Waals surface area contributed by atoms with Gasteiger partial charge in [-0.05, 0) is 11.1 Å². The molecule has 0 saturated carbocycles. The summed E-state index contributed by atoms with van der Waals surface area (Å²) in [5.41, 5.74) is 1.74. The zero-order valence-corrected chi connectivity index (χ0v) is 7.99. The molecular formula is C11H12O3. The van der Waals surface area contributed by atoms with Gasteiger partial charge in [-0.3, -0.25) is 0 Å². The van der Waals surface area contributed by atoms with Gasteiger partial charge in [0.05, 0.1) is 12.2 Å². The van der Waals surface area contributed by atoms with Gasteiger partial charge in [-0.15, -0.1) is 0 Å². The van der Waals surface area contributed by atoms with Crippen LogP contribution in [-0.4, -0.2) is 18.2 Å². The SMILES string of the molecule is C=C(C(=O)O)c1ccc(COC)cc1. The predicted octanol–water partition coefficient (Wildman–Crippen LogP) is 1.93. The van der Waals surface area contributed by atoms with E-state index >= 15 is 0 Å². The Kier molecular flexibility index (Phi) is 3.42. The Morgan fingerprint density at radius 3 is 2.43 bits per heavy atom. The van der Waals surface area contributed by atoms with Crippen LogP contribution in [0, 0.1) is 0 Å². The molecule has 3 heteroatoms. The molecule has 1 aromatic carbocycles. The Morgan fingerprint density at radius 2 is 2.00 bits per heavy atom. The van der Waals surface area contributed by atoms with Crippen molar-refractivity contribution >= 4 is 11.5 Å². The van der Waals surface area contributed by atoms with E-state index in [-0.39, 0.29) is 5.57 Å². The molecule has 0 spiro atoms. The fraction of sp³-hybridized carbons (Fsp3) is 0.182. The van der Waals surface area contributed by atoms with Crippen molar-refractivity contribution in [2.45, 2.75) is 6.61 Å². The van der Waals surface area contributed by atoms with Gasteiger partial charge in [-0.2, -0.15) is 0 Å². The second-order valence-electron chi connectivity index (χ2n) is 2.91. The number of carboxylic acid groups (broad SMARTS) is 1. The lowest BCUT2D eigenvalue weighted by molar-refractivity contribution is -0.130. The van der Waals surface area contributed by atoms with Crippen LogP contribution in [0.5, 0.6) is 0 Å². The van der Waals surface area contributed by atoms with Gasteiger partial charge in [0, 0.05) is 7.11 Å². The predicted molar refractivity (Wildman–Crippen MR) is 53.8 cm³/mol. The zero-order chi connectivity index (χ0) is 10.6. The summed E-state index contributed by atoms with van der Waals surface area (Å²) in [5, 5.41) is 8.68. The smallest absolute Gasteiger partial charge is 0.335 e. The first-order chi connectivity index (χ1) is 6.65. The summed E-state index contributed by atoms with van der Waals surface area (Å²) in [4.78, 5) is 10.6. The molecule has 1 rings (SSSR count). The molecule has 0 bridgehead atoms. The Balaban J connectivity index is 2.83. The minimum atomic E-state index is -0.996. The number of methoxy groups -OCH3 is 1. The monoisotopic (exact) mass is 192 g/mol. The van der Waals surface area contributed by atoms with E-state index in [1.54, 1.807) is 19.2 Å². The molecule has 1 aromatic rings. The summed E-state index contributed by atoms with van der Waals surface area (Å²) in [6.07, 6.45) is 0. The molecule has 14 heavy (non-hydrogen) atoms. The first-order valence-electron chi connectivity index (χ1n) is 4.15. The van der Waals surface area contributed by atoms with Crippen molar-refractivity contribution in [1.82, 2.24) is 0 Å². The molecule has 0 saturated heterocycles. The molecule has 0 unspecified atom stereocenters. The van der Waals surface area contributed by atoms with Gasteiger partial charge in [-0.1, -0.05) is 30.8 Å². The van der Waals surface area contributed by atoms with Crippen LogP contribution in [0.2, 0.25) is 0 Å². The van der Waals surface area contributed by atoms with E-state index in [1.165, 1.54) is 0 Å². The van der Waals surface area contributed by atoms with E-state index < -0.39 is 5.97 Å². The highest BCUT2D eigenvalue weighted by Crippen LogP contribution is 2.13. The quantitative estimate of drug-likeness (QED) is 0.741. The van der Waals surface area contributed by atoms with Gasteiger partial charge >= 0.3 is 5.97 Å². The summed E-state index contributed by atoms with van der Waals surface area (Å²) in [7, 11) is 1.62. The summed E-state index contributed by atoms with van der Waals surface area (Å²) >= 11 is 0. The van der Waals surface area contributed by atoms with Crippen LogP contribution in [-0.2, 0) is 16.1 Å². The fourth-order valence-corrected chi connectivity index (χ4v) is 1.09. The van der Waals surface area contributed by atoms with Crippen LogP contribution >= 0.6 is 0 Å². The highest BCUT2D eigenvalue weighted by atomic mass is 16.5. The lowest BCUT2D eigenvalue weighted by Gasteiger charge is -2.02. The maximum atomic E-state index is 10.6. The Labute approximate surface area is 82.6 Å². The third kappa shape index (κ3) is 2.44. The van der Waals surface area contributed by atoms with Gasteiger partial charge in [-0.25, -0.2) is 4.79 Å². The fourth-order valence-electron chi connectivity index (χ4n) is 1.09. The number of hydrogen-bond donors (Lipinski definition) is 1. The third-order valence-electron chi connectivity index (χ3n) is 1.87. The van der Waals surface area contributed by atoms with Gasteiger partial charge in [0.1, 0.15) is 0 Å². The number of hydrogen-bond acceptors (Lipinski definition) is 2. The van der Waals surface area contributed by atoms with Gasteiger partial charge in [0.2, 0.25) is 0 Å². The van der Waals surface area contributed by atoms with Gasteiger partial charge in [0.15, 0.2) is 0 Å². The molecule has 0 aliphatic rings. The van der Waals surface area contributed by atoms with Crippen molar-refractivity contribution in [3.63, 3.8) is 0 Å². The largest absolute Gasteiger partial charge is 0.478 e. The van der Waals surface area contributed by atoms with E-state index in [4.69, 9.17) is 9.84 Å². The number of carbonyl (C=O) groups is 1. The number of carboxylic acids is 1. The van der Waals surface area contributed by atoms with Gasteiger partial charge < -0.3 is 9.84 Å². The van der Waals surface area contributed by atoms with E-state index in [2.05, 4.69) is 6.58 Å². The van der Waals surface area contributed by atoms with E-state index in [9.17, 15) is 4.79 Å².